The first-order valence-electron chi connectivity index (χ1n) is 6.22. The Labute approximate surface area is 125 Å². The zero-order valence-electron chi connectivity index (χ0n) is 11.2. The maximum atomic E-state index is 13.5. The molecular formula is C14H13FN2O3S. The average molecular weight is 308 g/mol. The number of halogens is 1. The second-order valence-electron chi connectivity index (χ2n) is 4.25. The van der Waals surface area contributed by atoms with Crippen molar-refractivity contribution in [1.82, 2.24) is 9.97 Å². The second kappa shape index (κ2) is 6.55. The van der Waals surface area contributed by atoms with Gasteiger partial charge in [-0.25, -0.2) is 14.2 Å². The summed E-state index contributed by atoms with van der Waals surface area (Å²) in [6.07, 6.45) is 0. The van der Waals surface area contributed by atoms with Gasteiger partial charge in [0, 0.05) is 17.9 Å². The maximum Gasteiger partial charge on any atom is 0.335 e. The lowest BCUT2D eigenvalue weighted by molar-refractivity contribution is 0.0696. The van der Waals surface area contributed by atoms with E-state index in [0.29, 0.717) is 28.3 Å². The first-order chi connectivity index (χ1) is 9.99. The molecule has 0 aliphatic rings. The first-order valence-corrected chi connectivity index (χ1v) is 6.62. The van der Waals surface area contributed by atoms with E-state index in [1.54, 1.807) is 6.07 Å². The zero-order chi connectivity index (χ0) is 15.4. The van der Waals surface area contributed by atoms with E-state index in [2.05, 4.69) is 9.97 Å². The molecule has 2 N–H and O–H groups in total. The molecule has 110 valence electrons. The molecule has 0 spiro atoms. The maximum absolute atomic E-state index is 13.5. The van der Waals surface area contributed by atoms with Crippen molar-refractivity contribution >= 4 is 18.2 Å². The highest BCUT2D eigenvalue weighted by atomic mass is 32.1. The quantitative estimate of drug-likeness (QED) is 0.830. The third kappa shape index (κ3) is 3.93. The molecule has 0 fully saturated rings. The predicted octanol–water partition coefficient (Wildman–Crippen LogP) is 3.18. The minimum Gasteiger partial charge on any atom is -0.478 e. The number of hydrogen-bond acceptors (Lipinski definition) is 4. The number of hydrogen-bond donors (Lipinski definition) is 2. The van der Waals surface area contributed by atoms with Crippen molar-refractivity contribution in [3.8, 4) is 11.3 Å². The van der Waals surface area contributed by atoms with Crippen LogP contribution in [0.3, 0.4) is 0 Å². The van der Waals surface area contributed by atoms with Crippen LogP contribution < -0.4 is 0 Å². The van der Waals surface area contributed by atoms with Crippen LogP contribution in [-0.4, -0.2) is 27.7 Å². The molecule has 1 aromatic heterocycles. The van der Waals surface area contributed by atoms with Crippen molar-refractivity contribution in [2.45, 2.75) is 13.5 Å². The number of nitrogens with zero attached hydrogens (tertiary/aromatic N) is 1. The largest absolute Gasteiger partial charge is 0.478 e. The number of benzene rings is 1. The van der Waals surface area contributed by atoms with Crippen molar-refractivity contribution in [3.63, 3.8) is 0 Å². The van der Waals surface area contributed by atoms with Gasteiger partial charge in [0.05, 0.1) is 5.56 Å². The van der Waals surface area contributed by atoms with Gasteiger partial charge in [0.25, 0.3) is 0 Å². The van der Waals surface area contributed by atoms with Gasteiger partial charge in [-0.2, -0.15) is 0 Å². The molecule has 0 bridgehead atoms. The van der Waals surface area contributed by atoms with Crippen LogP contribution in [0.25, 0.3) is 11.3 Å². The number of carboxylic acid groups (broad SMARTS) is 1. The number of aromatic amines is 1. The Balaban J connectivity index is 2.48. The minimum absolute atomic E-state index is 0.132. The molecule has 1 heterocycles. The molecule has 1 aromatic carbocycles. The Hall–Kier alpha value is -2.12. The summed E-state index contributed by atoms with van der Waals surface area (Å²) in [5, 5.41) is 8.98. The van der Waals surface area contributed by atoms with Crippen LogP contribution >= 0.6 is 12.2 Å². The van der Waals surface area contributed by atoms with Gasteiger partial charge in [-0.3, -0.25) is 0 Å². The molecule has 0 radical (unpaired) electrons. The first kappa shape index (κ1) is 15.3. The summed E-state index contributed by atoms with van der Waals surface area (Å²) < 4.78 is 19.1. The highest BCUT2D eigenvalue weighted by Crippen LogP contribution is 2.20. The van der Waals surface area contributed by atoms with E-state index in [4.69, 9.17) is 22.1 Å². The van der Waals surface area contributed by atoms with Gasteiger partial charge in [0.1, 0.15) is 22.9 Å². The summed E-state index contributed by atoms with van der Waals surface area (Å²) in [5.74, 6) is -1.33. The Morgan fingerprint density at radius 1 is 1.43 bits per heavy atom. The van der Waals surface area contributed by atoms with Crippen LogP contribution in [0.1, 0.15) is 23.1 Å². The molecule has 7 heteroatoms. The normalized spacial score (nSPS) is 10.6. The van der Waals surface area contributed by atoms with E-state index in [0.717, 1.165) is 6.07 Å². The summed E-state index contributed by atoms with van der Waals surface area (Å²) in [4.78, 5) is 18.1. The van der Waals surface area contributed by atoms with Crippen molar-refractivity contribution in [2.24, 2.45) is 0 Å². The second-order valence-corrected chi connectivity index (χ2v) is 4.67. The number of aromatic nitrogens is 2. The number of carboxylic acids is 1. The number of rotatable bonds is 5. The van der Waals surface area contributed by atoms with Crippen molar-refractivity contribution in [3.05, 3.63) is 46.1 Å². The zero-order valence-corrected chi connectivity index (χ0v) is 12.0. The van der Waals surface area contributed by atoms with Crippen molar-refractivity contribution in [2.75, 3.05) is 6.61 Å². The van der Waals surface area contributed by atoms with Crippen LogP contribution in [0.15, 0.2) is 24.3 Å². The van der Waals surface area contributed by atoms with E-state index in [-0.39, 0.29) is 12.2 Å². The van der Waals surface area contributed by atoms with Crippen LogP contribution in [0, 0.1) is 10.5 Å². The smallest absolute Gasteiger partial charge is 0.335 e. The van der Waals surface area contributed by atoms with Gasteiger partial charge in [0.2, 0.25) is 0 Å². The topological polar surface area (TPSA) is 75.2 Å². The molecular weight excluding hydrogens is 295 g/mol. The SMILES string of the molecule is CCOCc1nc(=S)cc(-c2cc(F)cc(C(=O)O)c2)[nH]1. The van der Waals surface area contributed by atoms with Gasteiger partial charge >= 0.3 is 5.97 Å². The van der Waals surface area contributed by atoms with E-state index < -0.39 is 11.8 Å². The summed E-state index contributed by atoms with van der Waals surface area (Å²) in [6, 6.07) is 5.11. The molecule has 2 rings (SSSR count). The fraction of sp³-hybridized carbons (Fsp3) is 0.214. The Morgan fingerprint density at radius 2 is 2.19 bits per heavy atom. The van der Waals surface area contributed by atoms with Crippen LogP contribution in [0.5, 0.6) is 0 Å². The van der Waals surface area contributed by atoms with Crippen LogP contribution in [0.4, 0.5) is 4.39 Å². The molecule has 2 aromatic rings. The number of H-pyrrole nitrogens is 1. The Kier molecular flexibility index (Phi) is 4.77. The van der Waals surface area contributed by atoms with Gasteiger partial charge in [0.15, 0.2) is 0 Å². The summed E-state index contributed by atoms with van der Waals surface area (Å²) in [7, 11) is 0. The van der Waals surface area contributed by atoms with Crippen LogP contribution in [0.2, 0.25) is 0 Å². The van der Waals surface area contributed by atoms with Crippen molar-refractivity contribution < 1.29 is 19.0 Å². The van der Waals surface area contributed by atoms with E-state index in [9.17, 15) is 9.18 Å². The van der Waals surface area contributed by atoms with Gasteiger partial charge in [-0.05, 0) is 31.2 Å². The molecule has 0 saturated carbocycles. The van der Waals surface area contributed by atoms with Gasteiger partial charge in [-0.15, -0.1) is 0 Å². The molecule has 21 heavy (non-hydrogen) atoms. The molecule has 0 aliphatic heterocycles. The minimum atomic E-state index is -1.20. The third-order valence-electron chi connectivity index (χ3n) is 2.69. The average Bonchev–Trinajstić information content (AvgIpc) is 2.43. The number of nitrogens with one attached hydrogen (secondary N) is 1. The lowest BCUT2D eigenvalue weighted by Gasteiger charge is -2.07. The summed E-state index contributed by atoms with van der Waals surface area (Å²) >= 11 is 5.06. The lowest BCUT2D eigenvalue weighted by Crippen LogP contribution is -2.02. The summed E-state index contributed by atoms with van der Waals surface area (Å²) in [5.41, 5.74) is 0.748. The van der Waals surface area contributed by atoms with Gasteiger partial charge in [-0.1, -0.05) is 12.2 Å². The molecule has 0 saturated heterocycles. The summed E-state index contributed by atoms with van der Waals surface area (Å²) in [6.45, 7) is 2.62. The molecule has 0 aliphatic carbocycles. The Morgan fingerprint density at radius 3 is 2.86 bits per heavy atom. The number of ether oxygens (including phenoxy) is 1. The molecule has 0 atom stereocenters. The standard InChI is InChI=1S/C14H13FN2O3S/c1-2-20-7-12-16-11(6-13(21)17-12)8-3-9(14(18)19)5-10(15)4-8/h3-6H,2,7H2,1H3,(H,18,19)(H,16,17,21). The highest BCUT2D eigenvalue weighted by molar-refractivity contribution is 7.71. The van der Waals surface area contributed by atoms with E-state index >= 15 is 0 Å². The molecule has 0 amide bonds. The molecule has 0 unspecified atom stereocenters. The van der Waals surface area contributed by atoms with Crippen molar-refractivity contribution in [1.29, 1.82) is 0 Å². The fourth-order valence-electron chi connectivity index (χ4n) is 1.80. The number of aromatic carboxylic acids is 1. The highest BCUT2D eigenvalue weighted by Gasteiger charge is 2.10. The monoisotopic (exact) mass is 308 g/mol. The van der Waals surface area contributed by atoms with Crippen LogP contribution in [-0.2, 0) is 11.3 Å². The Bertz CT molecular complexity index is 730. The van der Waals surface area contributed by atoms with E-state index in [1.165, 1.54) is 12.1 Å². The molecule has 5 nitrogen and oxygen atoms in total. The number of carbonyl (C=O) groups is 1. The lowest BCUT2D eigenvalue weighted by atomic mass is 10.1. The predicted molar refractivity (Wildman–Crippen MR) is 77.1 cm³/mol. The van der Waals surface area contributed by atoms with Gasteiger partial charge < -0.3 is 14.8 Å². The van der Waals surface area contributed by atoms with E-state index in [1.807, 2.05) is 6.92 Å². The fourth-order valence-corrected chi connectivity index (χ4v) is 2.03. The third-order valence-corrected chi connectivity index (χ3v) is 2.90.